The molecule has 1 rings (SSSR count). The molecule has 1 unspecified atom stereocenters. The van der Waals surface area contributed by atoms with Crippen molar-refractivity contribution in [2.75, 3.05) is 6.61 Å². The summed E-state index contributed by atoms with van der Waals surface area (Å²) in [7, 11) is 0. The highest BCUT2D eigenvalue weighted by Gasteiger charge is 2.38. The molecule has 0 amide bonds. The fraction of sp³-hybridized carbons (Fsp3) is 0.750. The molecule has 0 saturated heterocycles. The van der Waals surface area contributed by atoms with Crippen molar-refractivity contribution >= 4 is 5.97 Å². The van der Waals surface area contributed by atoms with Crippen LogP contribution in [0.1, 0.15) is 40.5 Å². The first kappa shape index (κ1) is 11.3. The van der Waals surface area contributed by atoms with Gasteiger partial charge in [-0.3, -0.25) is 4.79 Å². The Balaban J connectivity index is 2.85. The van der Waals surface area contributed by atoms with Gasteiger partial charge in [-0.25, -0.2) is 0 Å². The molecule has 0 aromatic carbocycles. The molecule has 0 saturated carbocycles. The molecule has 14 heavy (non-hydrogen) atoms. The lowest BCUT2D eigenvalue weighted by Gasteiger charge is -2.36. The lowest BCUT2D eigenvalue weighted by Crippen LogP contribution is -2.35. The number of carbonyl (C=O) groups excluding carboxylic acids is 1. The first-order valence-corrected chi connectivity index (χ1v) is 5.32. The molecule has 0 aliphatic heterocycles. The number of hydrogen-bond acceptors (Lipinski definition) is 2. The predicted molar refractivity (Wildman–Crippen MR) is 56.9 cm³/mol. The summed E-state index contributed by atoms with van der Waals surface area (Å²) in [5.74, 6) is -0.109. The Morgan fingerprint density at radius 2 is 2.29 bits per heavy atom. The summed E-state index contributed by atoms with van der Waals surface area (Å²) in [4.78, 5) is 11.8. The van der Waals surface area contributed by atoms with Gasteiger partial charge in [0.25, 0.3) is 0 Å². The van der Waals surface area contributed by atoms with Crippen molar-refractivity contribution in [2.45, 2.75) is 40.5 Å². The molecular weight excluding hydrogens is 176 g/mol. The van der Waals surface area contributed by atoms with Crippen molar-refractivity contribution < 1.29 is 9.53 Å². The molecule has 1 aliphatic rings. The van der Waals surface area contributed by atoms with Crippen LogP contribution in [0.5, 0.6) is 0 Å². The maximum absolute atomic E-state index is 11.8. The van der Waals surface area contributed by atoms with Gasteiger partial charge in [0.2, 0.25) is 0 Å². The van der Waals surface area contributed by atoms with Crippen LogP contribution in [0.15, 0.2) is 11.6 Å². The maximum atomic E-state index is 11.8. The van der Waals surface area contributed by atoms with Crippen molar-refractivity contribution in [2.24, 2.45) is 11.3 Å². The van der Waals surface area contributed by atoms with Crippen LogP contribution in [0.4, 0.5) is 0 Å². The molecule has 1 atom stereocenters. The zero-order chi connectivity index (χ0) is 10.8. The normalized spacial score (nSPS) is 25.4. The molecule has 0 N–H and O–H groups in total. The quantitative estimate of drug-likeness (QED) is 0.501. The van der Waals surface area contributed by atoms with Gasteiger partial charge in [0, 0.05) is 0 Å². The van der Waals surface area contributed by atoms with E-state index in [9.17, 15) is 4.79 Å². The van der Waals surface area contributed by atoms with E-state index in [2.05, 4.69) is 19.9 Å². The minimum atomic E-state index is -0.0639. The van der Waals surface area contributed by atoms with Gasteiger partial charge in [-0.2, -0.15) is 0 Å². The molecule has 80 valence electrons. The highest BCUT2D eigenvalue weighted by Crippen LogP contribution is 2.41. The van der Waals surface area contributed by atoms with Gasteiger partial charge in [-0.05, 0) is 32.1 Å². The summed E-state index contributed by atoms with van der Waals surface area (Å²) in [6, 6.07) is 0. The summed E-state index contributed by atoms with van der Waals surface area (Å²) in [5.41, 5.74) is 1.21. The first-order valence-electron chi connectivity index (χ1n) is 5.32. The number of ether oxygens (including phenoxy) is 1. The average Bonchev–Trinajstić information content (AvgIpc) is 2.02. The molecule has 0 bridgehead atoms. The van der Waals surface area contributed by atoms with Gasteiger partial charge in [0.1, 0.15) is 0 Å². The number of rotatable bonds is 2. The smallest absolute Gasteiger partial charge is 0.313 e. The van der Waals surface area contributed by atoms with E-state index >= 15 is 0 Å². The molecule has 0 radical (unpaired) electrons. The number of allylic oxidation sites excluding steroid dienone is 1. The summed E-state index contributed by atoms with van der Waals surface area (Å²) in [6.07, 6.45) is 4.30. The molecule has 0 fully saturated rings. The standard InChI is InChI=1S/C12H20O2/c1-5-14-11(13)10-9(2)7-6-8-12(10,3)4/h7,10H,5-6,8H2,1-4H3. The van der Waals surface area contributed by atoms with Gasteiger partial charge in [-0.15, -0.1) is 0 Å². The van der Waals surface area contributed by atoms with Gasteiger partial charge in [-0.1, -0.05) is 25.5 Å². The van der Waals surface area contributed by atoms with Crippen molar-refractivity contribution in [3.63, 3.8) is 0 Å². The third kappa shape index (κ3) is 2.17. The maximum Gasteiger partial charge on any atom is 0.313 e. The fourth-order valence-electron chi connectivity index (χ4n) is 2.28. The Morgan fingerprint density at radius 1 is 1.64 bits per heavy atom. The van der Waals surface area contributed by atoms with E-state index in [4.69, 9.17) is 4.74 Å². The number of hydrogen-bond donors (Lipinski definition) is 0. The third-order valence-electron chi connectivity index (χ3n) is 3.01. The van der Waals surface area contributed by atoms with E-state index in [1.54, 1.807) is 0 Å². The number of esters is 1. The van der Waals surface area contributed by atoms with E-state index < -0.39 is 0 Å². The summed E-state index contributed by atoms with van der Waals surface area (Å²) in [5, 5.41) is 0. The van der Waals surface area contributed by atoms with Gasteiger partial charge in [0.15, 0.2) is 0 Å². The summed E-state index contributed by atoms with van der Waals surface area (Å²) >= 11 is 0. The second kappa shape index (κ2) is 4.16. The van der Waals surface area contributed by atoms with Crippen molar-refractivity contribution in [3.8, 4) is 0 Å². The molecule has 0 spiro atoms. The average molecular weight is 196 g/mol. The van der Waals surface area contributed by atoms with Crippen LogP contribution < -0.4 is 0 Å². The lowest BCUT2D eigenvalue weighted by molar-refractivity contribution is -0.150. The molecule has 2 heteroatoms. The van der Waals surface area contributed by atoms with Gasteiger partial charge >= 0.3 is 5.97 Å². The van der Waals surface area contributed by atoms with Crippen molar-refractivity contribution in [3.05, 3.63) is 11.6 Å². The second-order valence-corrected chi connectivity index (χ2v) is 4.66. The van der Waals surface area contributed by atoms with Crippen LogP contribution in [-0.4, -0.2) is 12.6 Å². The molecule has 1 aliphatic carbocycles. The Labute approximate surface area is 86.3 Å². The molecular formula is C12H20O2. The zero-order valence-corrected chi connectivity index (χ0v) is 9.59. The minimum absolute atomic E-state index is 0.0452. The SMILES string of the molecule is CCOC(=O)C1C(C)=CCCC1(C)C. The van der Waals surface area contributed by atoms with Crippen LogP contribution in [0.2, 0.25) is 0 Å². The monoisotopic (exact) mass is 196 g/mol. The molecule has 0 heterocycles. The number of carbonyl (C=O) groups is 1. The minimum Gasteiger partial charge on any atom is -0.466 e. The third-order valence-corrected chi connectivity index (χ3v) is 3.01. The van der Waals surface area contributed by atoms with Gasteiger partial charge in [0.05, 0.1) is 12.5 Å². The van der Waals surface area contributed by atoms with Crippen LogP contribution in [-0.2, 0) is 9.53 Å². The Kier molecular flexibility index (Phi) is 3.35. The van der Waals surface area contributed by atoms with Crippen LogP contribution in [0.3, 0.4) is 0 Å². The van der Waals surface area contributed by atoms with Gasteiger partial charge < -0.3 is 4.74 Å². The van der Waals surface area contributed by atoms with E-state index in [1.165, 1.54) is 5.57 Å². The van der Waals surface area contributed by atoms with Crippen LogP contribution in [0.25, 0.3) is 0 Å². The Hall–Kier alpha value is -0.790. The largest absolute Gasteiger partial charge is 0.466 e. The van der Waals surface area contributed by atoms with Crippen LogP contribution >= 0.6 is 0 Å². The topological polar surface area (TPSA) is 26.3 Å². The summed E-state index contributed by atoms with van der Waals surface area (Å²) in [6.45, 7) is 8.64. The molecule has 0 aromatic heterocycles. The Bertz CT molecular complexity index is 251. The molecule has 2 nitrogen and oxygen atoms in total. The van der Waals surface area contributed by atoms with E-state index in [-0.39, 0.29) is 17.3 Å². The van der Waals surface area contributed by atoms with E-state index in [0.29, 0.717) is 6.61 Å². The van der Waals surface area contributed by atoms with Crippen molar-refractivity contribution in [1.82, 2.24) is 0 Å². The second-order valence-electron chi connectivity index (χ2n) is 4.66. The highest BCUT2D eigenvalue weighted by molar-refractivity contribution is 5.77. The molecule has 0 aromatic rings. The summed E-state index contributed by atoms with van der Waals surface area (Å²) < 4.78 is 5.11. The zero-order valence-electron chi connectivity index (χ0n) is 9.59. The predicted octanol–water partition coefficient (Wildman–Crippen LogP) is 2.93. The highest BCUT2D eigenvalue weighted by atomic mass is 16.5. The van der Waals surface area contributed by atoms with Crippen LogP contribution in [0, 0.1) is 11.3 Å². The van der Waals surface area contributed by atoms with Crippen molar-refractivity contribution in [1.29, 1.82) is 0 Å². The lowest BCUT2D eigenvalue weighted by atomic mass is 9.69. The van der Waals surface area contributed by atoms with E-state index in [1.807, 2.05) is 13.8 Å². The first-order chi connectivity index (χ1) is 6.49. The Morgan fingerprint density at radius 3 is 2.79 bits per heavy atom. The van der Waals surface area contributed by atoms with E-state index in [0.717, 1.165) is 12.8 Å². The fourth-order valence-corrected chi connectivity index (χ4v) is 2.28.